The third kappa shape index (κ3) is 1.73. The maximum Gasteiger partial charge on any atom is 0.132 e. The normalized spacial score (nSPS) is 29.7. The van der Waals surface area contributed by atoms with Gasteiger partial charge in [0.15, 0.2) is 0 Å². The number of aryl methyl sites for hydroxylation is 1. The van der Waals surface area contributed by atoms with Crippen molar-refractivity contribution in [3.63, 3.8) is 0 Å². The standard InChI is InChI=1S/C13H16F2O/c1-8-3-4-10(14)11(12(8)15)13(2)6-5-9(16)7-13/h3-4,9,16H,5-7H2,1-2H3. The Kier molecular flexibility index (Phi) is 2.74. The molecule has 2 atom stereocenters. The molecule has 1 nitrogen and oxygen atoms in total. The van der Waals surface area contributed by atoms with Gasteiger partial charge in [-0.05, 0) is 37.8 Å². The Balaban J connectivity index is 2.51. The van der Waals surface area contributed by atoms with E-state index in [4.69, 9.17) is 0 Å². The van der Waals surface area contributed by atoms with Gasteiger partial charge >= 0.3 is 0 Å². The minimum Gasteiger partial charge on any atom is -0.393 e. The molecule has 1 N–H and O–H groups in total. The Morgan fingerprint density at radius 3 is 2.62 bits per heavy atom. The summed E-state index contributed by atoms with van der Waals surface area (Å²) in [6.45, 7) is 3.46. The average molecular weight is 226 g/mol. The van der Waals surface area contributed by atoms with Gasteiger partial charge in [0.1, 0.15) is 11.6 Å². The molecule has 88 valence electrons. The Labute approximate surface area is 94.1 Å². The smallest absolute Gasteiger partial charge is 0.132 e. The van der Waals surface area contributed by atoms with Crippen LogP contribution in [0.25, 0.3) is 0 Å². The number of hydrogen-bond acceptors (Lipinski definition) is 1. The lowest BCUT2D eigenvalue weighted by molar-refractivity contribution is 0.174. The van der Waals surface area contributed by atoms with Crippen molar-refractivity contribution in [2.24, 2.45) is 0 Å². The van der Waals surface area contributed by atoms with Gasteiger partial charge in [0.05, 0.1) is 6.10 Å². The SMILES string of the molecule is Cc1ccc(F)c(C2(C)CCC(O)C2)c1F. The molecule has 16 heavy (non-hydrogen) atoms. The van der Waals surface area contributed by atoms with E-state index < -0.39 is 23.2 Å². The van der Waals surface area contributed by atoms with Crippen LogP contribution in [0.4, 0.5) is 8.78 Å². The van der Waals surface area contributed by atoms with E-state index in [-0.39, 0.29) is 5.56 Å². The van der Waals surface area contributed by atoms with Gasteiger partial charge in [-0.1, -0.05) is 13.0 Å². The fourth-order valence-electron chi connectivity index (χ4n) is 2.65. The molecule has 1 aliphatic rings. The van der Waals surface area contributed by atoms with Crippen molar-refractivity contribution in [3.05, 3.63) is 34.9 Å². The van der Waals surface area contributed by atoms with Gasteiger partial charge in [0.25, 0.3) is 0 Å². The van der Waals surface area contributed by atoms with E-state index in [1.165, 1.54) is 12.1 Å². The highest BCUT2D eigenvalue weighted by atomic mass is 19.1. The first kappa shape index (κ1) is 11.5. The third-order valence-electron chi connectivity index (χ3n) is 3.60. The molecule has 1 saturated carbocycles. The molecular weight excluding hydrogens is 210 g/mol. The monoisotopic (exact) mass is 226 g/mol. The molecule has 2 rings (SSSR count). The Hall–Kier alpha value is -0.960. The highest BCUT2D eigenvalue weighted by Gasteiger charge is 2.39. The summed E-state index contributed by atoms with van der Waals surface area (Å²) >= 11 is 0. The molecule has 0 heterocycles. The van der Waals surface area contributed by atoms with Gasteiger partial charge in [-0.15, -0.1) is 0 Å². The van der Waals surface area contributed by atoms with Gasteiger partial charge in [-0.3, -0.25) is 0 Å². The Bertz CT molecular complexity index is 417. The van der Waals surface area contributed by atoms with Crippen molar-refractivity contribution >= 4 is 0 Å². The van der Waals surface area contributed by atoms with E-state index >= 15 is 0 Å². The Morgan fingerprint density at radius 1 is 1.38 bits per heavy atom. The highest BCUT2D eigenvalue weighted by Crippen LogP contribution is 2.43. The lowest BCUT2D eigenvalue weighted by atomic mass is 9.79. The van der Waals surface area contributed by atoms with Crippen LogP contribution in [0.15, 0.2) is 12.1 Å². The first-order chi connectivity index (χ1) is 7.44. The van der Waals surface area contributed by atoms with Gasteiger partial charge in [0, 0.05) is 11.0 Å². The van der Waals surface area contributed by atoms with Crippen LogP contribution in [-0.2, 0) is 5.41 Å². The van der Waals surface area contributed by atoms with Crippen LogP contribution in [0.2, 0.25) is 0 Å². The molecule has 3 heteroatoms. The number of hydrogen-bond donors (Lipinski definition) is 1. The topological polar surface area (TPSA) is 20.2 Å². The molecule has 0 saturated heterocycles. The number of benzene rings is 1. The minimum absolute atomic E-state index is 0.143. The Morgan fingerprint density at radius 2 is 2.06 bits per heavy atom. The van der Waals surface area contributed by atoms with Crippen LogP contribution in [0.3, 0.4) is 0 Å². The summed E-state index contributed by atoms with van der Waals surface area (Å²) in [5.41, 5.74) is 0.0302. The molecule has 0 aliphatic heterocycles. The summed E-state index contributed by atoms with van der Waals surface area (Å²) < 4.78 is 27.7. The number of halogens is 2. The van der Waals surface area contributed by atoms with E-state index in [1.54, 1.807) is 6.92 Å². The van der Waals surface area contributed by atoms with Crippen molar-refractivity contribution in [1.82, 2.24) is 0 Å². The molecule has 0 amide bonds. The zero-order valence-corrected chi connectivity index (χ0v) is 9.56. The fraction of sp³-hybridized carbons (Fsp3) is 0.538. The molecule has 1 aromatic carbocycles. The van der Waals surface area contributed by atoms with Gasteiger partial charge in [0.2, 0.25) is 0 Å². The molecule has 1 aromatic rings. The summed E-state index contributed by atoms with van der Waals surface area (Å²) in [6, 6.07) is 2.76. The number of rotatable bonds is 1. The molecule has 0 aromatic heterocycles. The second-order valence-corrected chi connectivity index (χ2v) is 5.01. The van der Waals surface area contributed by atoms with Crippen LogP contribution in [0.1, 0.15) is 37.3 Å². The van der Waals surface area contributed by atoms with Crippen LogP contribution >= 0.6 is 0 Å². The van der Waals surface area contributed by atoms with Crippen LogP contribution < -0.4 is 0 Å². The number of aliphatic hydroxyl groups is 1. The quantitative estimate of drug-likeness (QED) is 0.780. The summed E-state index contributed by atoms with van der Waals surface area (Å²) in [6.07, 6.45) is 1.24. The lowest BCUT2D eigenvalue weighted by Crippen LogP contribution is -2.23. The van der Waals surface area contributed by atoms with E-state index in [0.29, 0.717) is 24.8 Å². The zero-order chi connectivity index (χ0) is 11.9. The lowest BCUT2D eigenvalue weighted by Gasteiger charge is -2.26. The molecule has 2 unspecified atom stereocenters. The molecule has 1 fully saturated rings. The van der Waals surface area contributed by atoms with Crippen molar-refractivity contribution in [2.45, 2.75) is 44.6 Å². The maximum atomic E-state index is 14.0. The van der Waals surface area contributed by atoms with Crippen molar-refractivity contribution in [2.75, 3.05) is 0 Å². The van der Waals surface area contributed by atoms with Crippen LogP contribution in [0, 0.1) is 18.6 Å². The number of aliphatic hydroxyl groups excluding tert-OH is 1. The second kappa shape index (κ2) is 3.81. The summed E-state index contributed by atoms with van der Waals surface area (Å²) in [5.74, 6) is -0.962. The fourth-order valence-corrected chi connectivity index (χ4v) is 2.65. The average Bonchev–Trinajstić information content (AvgIpc) is 2.54. The van der Waals surface area contributed by atoms with E-state index in [0.717, 1.165) is 0 Å². The van der Waals surface area contributed by atoms with Crippen molar-refractivity contribution < 1.29 is 13.9 Å². The molecule has 0 radical (unpaired) electrons. The van der Waals surface area contributed by atoms with E-state index in [2.05, 4.69) is 0 Å². The zero-order valence-electron chi connectivity index (χ0n) is 9.56. The van der Waals surface area contributed by atoms with Crippen molar-refractivity contribution in [1.29, 1.82) is 0 Å². The van der Waals surface area contributed by atoms with Gasteiger partial charge in [-0.2, -0.15) is 0 Å². The van der Waals surface area contributed by atoms with E-state index in [9.17, 15) is 13.9 Å². The van der Waals surface area contributed by atoms with E-state index in [1.807, 2.05) is 6.92 Å². The molecular formula is C13H16F2O. The minimum atomic E-state index is -0.570. The highest BCUT2D eigenvalue weighted by molar-refractivity contribution is 5.33. The largest absolute Gasteiger partial charge is 0.393 e. The molecule has 1 aliphatic carbocycles. The molecule has 0 bridgehead atoms. The summed E-state index contributed by atoms with van der Waals surface area (Å²) in [5, 5.41) is 9.53. The first-order valence-corrected chi connectivity index (χ1v) is 5.57. The van der Waals surface area contributed by atoms with Gasteiger partial charge in [-0.25, -0.2) is 8.78 Å². The second-order valence-electron chi connectivity index (χ2n) is 5.01. The molecule has 0 spiro atoms. The third-order valence-corrected chi connectivity index (χ3v) is 3.60. The first-order valence-electron chi connectivity index (χ1n) is 5.57. The van der Waals surface area contributed by atoms with Gasteiger partial charge < -0.3 is 5.11 Å². The van der Waals surface area contributed by atoms with Crippen molar-refractivity contribution in [3.8, 4) is 0 Å². The van der Waals surface area contributed by atoms with Crippen LogP contribution in [0.5, 0.6) is 0 Å². The summed E-state index contributed by atoms with van der Waals surface area (Å²) in [4.78, 5) is 0. The predicted octanol–water partition coefficient (Wildman–Crippen LogP) is 3.08. The van der Waals surface area contributed by atoms with Crippen LogP contribution in [-0.4, -0.2) is 11.2 Å². The maximum absolute atomic E-state index is 14.0. The summed E-state index contributed by atoms with van der Waals surface area (Å²) in [7, 11) is 0. The predicted molar refractivity (Wildman–Crippen MR) is 58.3 cm³/mol.